The zero-order chi connectivity index (χ0) is 30.5. The first-order valence-corrected chi connectivity index (χ1v) is 14.1. The van der Waals surface area contributed by atoms with Crippen LogP contribution in [0.2, 0.25) is 0 Å². The van der Waals surface area contributed by atoms with Gasteiger partial charge in [0.25, 0.3) is 0 Å². The topological polar surface area (TPSA) is 87.7 Å². The standard InChI is InChI=1S/C33H49N3O4/c1-12-33(10,11)36(27(28(37)35-31(4,5)6)25-19-22(2)18-23(3)20-25)29(38)26(21-24-16-14-13-15-17-24)34-30(39)40-32(7,8)9/h13-20,26-27H,12,21H2,1-11H3,(H,34,39)(H,35,37). The number of benzene rings is 2. The van der Waals surface area contributed by atoms with Crippen LogP contribution in [0.1, 0.15) is 97.0 Å². The maximum Gasteiger partial charge on any atom is 0.408 e. The van der Waals surface area contributed by atoms with Gasteiger partial charge in [-0.25, -0.2) is 4.79 Å². The minimum absolute atomic E-state index is 0.246. The second-order valence-corrected chi connectivity index (χ2v) is 13.3. The third-order valence-electron chi connectivity index (χ3n) is 6.59. The van der Waals surface area contributed by atoms with Crippen LogP contribution in [0, 0.1) is 13.8 Å². The lowest BCUT2D eigenvalue weighted by Gasteiger charge is -2.45. The molecule has 0 spiro atoms. The van der Waals surface area contributed by atoms with Crippen molar-refractivity contribution < 1.29 is 19.1 Å². The molecule has 7 nitrogen and oxygen atoms in total. The van der Waals surface area contributed by atoms with Crippen molar-refractivity contribution in [1.82, 2.24) is 15.5 Å². The van der Waals surface area contributed by atoms with Crippen molar-refractivity contribution in [2.45, 2.75) is 118 Å². The van der Waals surface area contributed by atoms with Crippen molar-refractivity contribution in [2.75, 3.05) is 0 Å². The Morgan fingerprint density at radius 2 is 1.43 bits per heavy atom. The largest absolute Gasteiger partial charge is 0.444 e. The van der Waals surface area contributed by atoms with Crippen LogP contribution < -0.4 is 10.6 Å². The van der Waals surface area contributed by atoms with Gasteiger partial charge >= 0.3 is 6.09 Å². The Balaban J connectivity index is 2.72. The van der Waals surface area contributed by atoms with Gasteiger partial charge in [-0.1, -0.05) is 66.6 Å². The van der Waals surface area contributed by atoms with E-state index in [0.717, 1.165) is 22.3 Å². The number of nitrogens with zero attached hydrogens (tertiary/aromatic N) is 1. The van der Waals surface area contributed by atoms with Gasteiger partial charge in [-0.2, -0.15) is 0 Å². The predicted octanol–water partition coefficient (Wildman–Crippen LogP) is 6.41. The molecule has 2 unspecified atom stereocenters. The third kappa shape index (κ3) is 9.68. The normalized spacial score (nSPS) is 13.7. The second-order valence-electron chi connectivity index (χ2n) is 13.3. The number of alkyl carbamates (subject to hydrolysis) is 1. The van der Waals surface area contributed by atoms with Gasteiger partial charge < -0.3 is 20.3 Å². The van der Waals surface area contributed by atoms with E-state index in [1.807, 2.05) is 104 Å². The molecule has 3 amide bonds. The fraction of sp³-hybridized carbons (Fsp3) is 0.545. The summed E-state index contributed by atoms with van der Waals surface area (Å²) in [6.45, 7) is 21.0. The van der Waals surface area contributed by atoms with E-state index in [-0.39, 0.29) is 18.2 Å². The molecule has 2 atom stereocenters. The summed E-state index contributed by atoms with van der Waals surface area (Å²) in [6.07, 6.45) is 0.154. The van der Waals surface area contributed by atoms with Crippen molar-refractivity contribution in [3.8, 4) is 0 Å². The number of rotatable bonds is 9. The highest BCUT2D eigenvalue weighted by Gasteiger charge is 2.43. The summed E-state index contributed by atoms with van der Waals surface area (Å²) < 4.78 is 5.54. The van der Waals surface area contributed by atoms with Crippen LogP contribution in [0.25, 0.3) is 0 Å². The summed E-state index contributed by atoms with van der Waals surface area (Å²) >= 11 is 0. The molecule has 0 aliphatic carbocycles. The Kier molecular flexibility index (Phi) is 10.6. The second kappa shape index (κ2) is 12.9. The third-order valence-corrected chi connectivity index (χ3v) is 6.59. The van der Waals surface area contributed by atoms with E-state index in [1.54, 1.807) is 25.7 Å². The van der Waals surface area contributed by atoms with E-state index < -0.39 is 34.9 Å². The van der Waals surface area contributed by atoms with Crippen LogP contribution >= 0.6 is 0 Å². The first-order valence-electron chi connectivity index (χ1n) is 14.1. The molecule has 0 fully saturated rings. The molecular weight excluding hydrogens is 502 g/mol. The molecule has 2 N–H and O–H groups in total. The first-order chi connectivity index (χ1) is 18.3. The van der Waals surface area contributed by atoms with Crippen molar-refractivity contribution in [3.05, 3.63) is 70.8 Å². The van der Waals surface area contributed by atoms with Gasteiger partial charge in [0.1, 0.15) is 17.7 Å². The molecule has 7 heteroatoms. The molecule has 0 radical (unpaired) electrons. The lowest BCUT2D eigenvalue weighted by Crippen LogP contribution is -2.60. The fourth-order valence-electron chi connectivity index (χ4n) is 4.64. The quantitative estimate of drug-likeness (QED) is 0.377. The average molecular weight is 552 g/mol. The molecule has 0 aliphatic rings. The summed E-state index contributed by atoms with van der Waals surface area (Å²) in [5, 5.41) is 5.93. The molecule has 0 heterocycles. The van der Waals surface area contributed by atoms with Crippen LogP contribution in [-0.2, 0) is 20.7 Å². The van der Waals surface area contributed by atoms with Gasteiger partial charge in [0, 0.05) is 17.5 Å². The van der Waals surface area contributed by atoms with Gasteiger partial charge in [0.15, 0.2) is 0 Å². The lowest BCUT2D eigenvalue weighted by molar-refractivity contribution is -0.149. The maximum absolute atomic E-state index is 14.7. The highest BCUT2D eigenvalue weighted by molar-refractivity contribution is 5.93. The average Bonchev–Trinajstić information content (AvgIpc) is 2.79. The smallest absolute Gasteiger partial charge is 0.408 e. The molecule has 0 bridgehead atoms. The number of amides is 3. The molecule has 220 valence electrons. The zero-order valence-corrected chi connectivity index (χ0v) is 26.3. The molecule has 0 aromatic heterocycles. The van der Waals surface area contributed by atoms with Gasteiger partial charge in [0.05, 0.1) is 0 Å². The number of hydrogen-bond acceptors (Lipinski definition) is 4. The maximum atomic E-state index is 14.7. The van der Waals surface area contributed by atoms with Crippen molar-refractivity contribution in [3.63, 3.8) is 0 Å². The first kappa shape index (κ1) is 32.9. The van der Waals surface area contributed by atoms with Crippen molar-refractivity contribution in [2.24, 2.45) is 0 Å². The molecule has 40 heavy (non-hydrogen) atoms. The summed E-state index contributed by atoms with van der Waals surface area (Å²) in [5.74, 6) is -0.627. The Morgan fingerprint density at radius 1 is 0.875 bits per heavy atom. The number of carbonyl (C=O) groups is 3. The Bertz CT molecular complexity index is 1160. The van der Waals surface area contributed by atoms with Gasteiger partial charge in [-0.05, 0) is 86.8 Å². The number of ether oxygens (including phenoxy) is 1. The van der Waals surface area contributed by atoms with E-state index in [4.69, 9.17) is 4.74 Å². The van der Waals surface area contributed by atoms with E-state index in [1.165, 1.54) is 0 Å². The summed E-state index contributed by atoms with van der Waals surface area (Å²) in [6, 6.07) is 13.6. The van der Waals surface area contributed by atoms with E-state index in [0.29, 0.717) is 6.42 Å². The molecule has 0 aliphatic heterocycles. The molecule has 2 aromatic carbocycles. The number of hydrogen-bond donors (Lipinski definition) is 2. The van der Waals surface area contributed by atoms with Crippen LogP contribution in [0.3, 0.4) is 0 Å². The minimum atomic E-state index is -0.959. The monoisotopic (exact) mass is 551 g/mol. The summed E-state index contributed by atoms with van der Waals surface area (Å²) in [4.78, 5) is 43.4. The summed E-state index contributed by atoms with van der Waals surface area (Å²) in [7, 11) is 0. The van der Waals surface area contributed by atoms with Crippen LogP contribution in [0.15, 0.2) is 48.5 Å². The van der Waals surface area contributed by atoms with E-state index in [9.17, 15) is 14.4 Å². The number of carbonyl (C=O) groups excluding carboxylic acids is 3. The molecular formula is C33H49N3O4. The fourth-order valence-corrected chi connectivity index (χ4v) is 4.64. The highest BCUT2D eigenvalue weighted by atomic mass is 16.6. The van der Waals surface area contributed by atoms with Crippen molar-refractivity contribution in [1.29, 1.82) is 0 Å². The number of aryl methyl sites for hydroxylation is 2. The zero-order valence-electron chi connectivity index (χ0n) is 26.3. The lowest BCUT2D eigenvalue weighted by atomic mass is 9.89. The summed E-state index contributed by atoms with van der Waals surface area (Å²) in [5.41, 5.74) is 1.63. The van der Waals surface area contributed by atoms with Gasteiger partial charge in [0.2, 0.25) is 11.8 Å². The van der Waals surface area contributed by atoms with Crippen molar-refractivity contribution >= 4 is 17.9 Å². The minimum Gasteiger partial charge on any atom is -0.444 e. The van der Waals surface area contributed by atoms with E-state index in [2.05, 4.69) is 10.6 Å². The van der Waals surface area contributed by atoms with E-state index >= 15 is 0 Å². The molecule has 2 aromatic rings. The highest BCUT2D eigenvalue weighted by Crippen LogP contribution is 2.34. The van der Waals surface area contributed by atoms with Gasteiger partial charge in [-0.3, -0.25) is 9.59 Å². The Morgan fingerprint density at radius 3 is 1.90 bits per heavy atom. The molecule has 0 saturated heterocycles. The van der Waals surface area contributed by atoms with Crippen LogP contribution in [0.5, 0.6) is 0 Å². The molecule has 0 saturated carbocycles. The van der Waals surface area contributed by atoms with Crippen LogP contribution in [0.4, 0.5) is 4.79 Å². The Hall–Kier alpha value is -3.35. The van der Waals surface area contributed by atoms with Gasteiger partial charge in [-0.15, -0.1) is 0 Å². The predicted molar refractivity (Wildman–Crippen MR) is 161 cm³/mol. The number of nitrogens with one attached hydrogen (secondary N) is 2. The SMILES string of the molecule is CCC(C)(C)N(C(=O)C(Cc1ccccc1)NC(=O)OC(C)(C)C)C(C(=O)NC(C)(C)C)c1cc(C)cc(C)c1. The Labute approximate surface area is 241 Å². The molecule has 2 rings (SSSR count). The van der Waals surface area contributed by atoms with Crippen LogP contribution in [-0.4, -0.2) is 45.5 Å².